The van der Waals surface area contributed by atoms with Crippen molar-refractivity contribution in [3.05, 3.63) is 50.7 Å². The minimum absolute atomic E-state index is 0.0564. The average molecular weight is 253 g/mol. The molecule has 0 spiro atoms. The Morgan fingerprint density at radius 3 is 2.88 bits per heavy atom. The molecule has 2 aromatic rings. The van der Waals surface area contributed by atoms with Gasteiger partial charge in [0.2, 0.25) is 0 Å². The Morgan fingerprint density at radius 1 is 1.35 bits per heavy atom. The SMILES string of the molecule is O=c1c2c([nH]n1-c1ccc(Cl)c(F)c1)CCC2. The molecule has 0 saturated carbocycles. The molecule has 1 N–H and O–H groups in total. The lowest BCUT2D eigenvalue weighted by atomic mass is 10.3. The molecule has 0 bridgehead atoms. The standard InChI is InChI=1S/C12H10ClFN2O/c13-9-5-4-7(6-10(9)14)16-12(17)8-2-1-3-11(8)15-16/h4-6,15H,1-3H2. The fourth-order valence-electron chi connectivity index (χ4n) is 2.23. The van der Waals surface area contributed by atoms with E-state index < -0.39 is 5.82 Å². The summed E-state index contributed by atoms with van der Waals surface area (Å²) < 4.78 is 14.7. The third-order valence-corrected chi connectivity index (χ3v) is 3.39. The number of hydrogen-bond donors (Lipinski definition) is 1. The van der Waals surface area contributed by atoms with Gasteiger partial charge in [0.15, 0.2) is 0 Å². The van der Waals surface area contributed by atoms with E-state index in [1.165, 1.54) is 16.8 Å². The van der Waals surface area contributed by atoms with Crippen molar-refractivity contribution in [1.29, 1.82) is 0 Å². The zero-order valence-corrected chi connectivity index (χ0v) is 9.72. The number of rotatable bonds is 1. The van der Waals surface area contributed by atoms with Crippen LogP contribution in [-0.4, -0.2) is 9.78 Å². The van der Waals surface area contributed by atoms with Crippen LogP contribution in [0.2, 0.25) is 5.02 Å². The van der Waals surface area contributed by atoms with E-state index in [4.69, 9.17) is 11.6 Å². The van der Waals surface area contributed by atoms with Crippen LogP contribution < -0.4 is 5.56 Å². The summed E-state index contributed by atoms with van der Waals surface area (Å²) in [6.45, 7) is 0. The van der Waals surface area contributed by atoms with Crippen molar-refractivity contribution in [3.8, 4) is 5.69 Å². The molecule has 5 heteroatoms. The molecule has 1 aromatic carbocycles. The number of fused-ring (bicyclic) bond motifs is 1. The van der Waals surface area contributed by atoms with Crippen LogP contribution in [0.5, 0.6) is 0 Å². The summed E-state index contributed by atoms with van der Waals surface area (Å²) in [5.41, 5.74) is 2.18. The summed E-state index contributed by atoms with van der Waals surface area (Å²) in [6, 6.07) is 4.33. The molecule has 0 fully saturated rings. The highest BCUT2D eigenvalue weighted by atomic mass is 35.5. The number of aryl methyl sites for hydroxylation is 1. The number of nitrogens with zero attached hydrogens (tertiary/aromatic N) is 1. The van der Waals surface area contributed by atoms with Gasteiger partial charge in [-0.1, -0.05) is 11.6 Å². The van der Waals surface area contributed by atoms with Crippen molar-refractivity contribution in [1.82, 2.24) is 9.78 Å². The molecule has 0 unspecified atom stereocenters. The molecule has 1 aromatic heterocycles. The zero-order valence-electron chi connectivity index (χ0n) is 8.96. The molecule has 0 amide bonds. The summed E-state index contributed by atoms with van der Waals surface area (Å²) in [4.78, 5) is 12.0. The third kappa shape index (κ3) is 1.60. The summed E-state index contributed by atoms with van der Waals surface area (Å²) in [7, 11) is 0. The van der Waals surface area contributed by atoms with Gasteiger partial charge in [-0.2, -0.15) is 0 Å². The van der Waals surface area contributed by atoms with Gasteiger partial charge in [-0.3, -0.25) is 9.89 Å². The number of H-pyrrole nitrogens is 1. The van der Waals surface area contributed by atoms with Gasteiger partial charge in [-0.05, 0) is 31.4 Å². The lowest BCUT2D eigenvalue weighted by Gasteiger charge is -2.03. The normalized spacial score (nSPS) is 14.0. The Labute approximate surface area is 102 Å². The molecule has 1 heterocycles. The fourth-order valence-corrected chi connectivity index (χ4v) is 2.35. The summed E-state index contributed by atoms with van der Waals surface area (Å²) in [5.74, 6) is -0.522. The number of aromatic nitrogens is 2. The van der Waals surface area contributed by atoms with Crippen molar-refractivity contribution in [2.75, 3.05) is 0 Å². The van der Waals surface area contributed by atoms with Gasteiger partial charge in [-0.15, -0.1) is 0 Å². The number of halogens is 2. The van der Waals surface area contributed by atoms with Crippen molar-refractivity contribution in [3.63, 3.8) is 0 Å². The number of aromatic amines is 1. The van der Waals surface area contributed by atoms with E-state index in [0.717, 1.165) is 30.5 Å². The Hall–Kier alpha value is -1.55. The highest BCUT2D eigenvalue weighted by molar-refractivity contribution is 6.30. The van der Waals surface area contributed by atoms with Crippen LogP contribution in [0.25, 0.3) is 5.69 Å². The van der Waals surface area contributed by atoms with Crippen molar-refractivity contribution in [2.24, 2.45) is 0 Å². The summed E-state index contributed by atoms with van der Waals surface area (Å²) in [5, 5.41) is 3.08. The van der Waals surface area contributed by atoms with E-state index >= 15 is 0 Å². The second-order valence-electron chi connectivity index (χ2n) is 4.16. The fraction of sp³-hybridized carbons (Fsp3) is 0.250. The van der Waals surface area contributed by atoms with Crippen LogP contribution in [0.3, 0.4) is 0 Å². The van der Waals surface area contributed by atoms with Crippen molar-refractivity contribution < 1.29 is 4.39 Å². The number of nitrogens with one attached hydrogen (secondary N) is 1. The first-order valence-electron chi connectivity index (χ1n) is 5.45. The van der Waals surface area contributed by atoms with Crippen LogP contribution in [0.15, 0.2) is 23.0 Å². The topological polar surface area (TPSA) is 37.8 Å². The van der Waals surface area contributed by atoms with E-state index in [2.05, 4.69) is 5.10 Å². The maximum Gasteiger partial charge on any atom is 0.274 e. The van der Waals surface area contributed by atoms with Gasteiger partial charge in [0.1, 0.15) is 5.82 Å². The summed E-state index contributed by atoms with van der Waals surface area (Å²) >= 11 is 5.61. The monoisotopic (exact) mass is 252 g/mol. The quantitative estimate of drug-likeness (QED) is 0.832. The molecule has 0 radical (unpaired) electrons. The first-order chi connectivity index (χ1) is 8.16. The lowest BCUT2D eigenvalue weighted by Crippen LogP contribution is -2.17. The highest BCUT2D eigenvalue weighted by Crippen LogP contribution is 2.20. The van der Waals surface area contributed by atoms with Gasteiger partial charge < -0.3 is 0 Å². The molecular weight excluding hydrogens is 243 g/mol. The molecule has 3 nitrogen and oxygen atoms in total. The molecular formula is C12H10ClFN2O. The Balaban J connectivity index is 2.16. The molecule has 0 saturated heterocycles. The maximum atomic E-state index is 13.3. The van der Waals surface area contributed by atoms with E-state index in [1.54, 1.807) is 6.07 Å². The number of hydrogen-bond acceptors (Lipinski definition) is 1. The molecule has 1 aliphatic carbocycles. The molecule has 17 heavy (non-hydrogen) atoms. The van der Waals surface area contributed by atoms with Crippen LogP contribution in [0, 0.1) is 5.82 Å². The van der Waals surface area contributed by atoms with E-state index in [0.29, 0.717) is 5.69 Å². The Kier molecular flexibility index (Phi) is 2.33. The minimum atomic E-state index is -0.522. The smallest absolute Gasteiger partial charge is 0.274 e. The van der Waals surface area contributed by atoms with Gasteiger partial charge >= 0.3 is 0 Å². The van der Waals surface area contributed by atoms with Crippen LogP contribution in [0.1, 0.15) is 17.7 Å². The van der Waals surface area contributed by atoms with E-state index in [-0.39, 0.29) is 10.6 Å². The average Bonchev–Trinajstić information content (AvgIpc) is 2.86. The van der Waals surface area contributed by atoms with Crippen molar-refractivity contribution in [2.45, 2.75) is 19.3 Å². The molecule has 3 rings (SSSR count). The first kappa shape index (κ1) is 10.6. The van der Waals surface area contributed by atoms with Crippen LogP contribution in [0.4, 0.5) is 4.39 Å². The third-order valence-electron chi connectivity index (χ3n) is 3.09. The maximum absolute atomic E-state index is 13.3. The van der Waals surface area contributed by atoms with Crippen LogP contribution >= 0.6 is 11.6 Å². The van der Waals surface area contributed by atoms with Crippen molar-refractivity contribution >= 4 is 11.6 Å². The molecule has 88 valence electrons. The Morgan fingerprint density at radius 2 is 2.18 bits per heavy atom. The highest BCUT2D eigenvalue weighted by Gasteiger charge is 2.19. The van der Waals surface area contributed by atoms with Gasteiger partial charge in [-0.25, -0.2) is 9.07 Å². The Bertz CT molecular complexity index is 644. The minimum Gasteiger partial charge on any atom is -0.295 e. The first-order valence-corrected chi connectivity index (χ1v) is 5.83. The van der Waals surface area contributed by atoms with Gasteiger partial charge in [0.05, 0.1) is 10.7 Å². The second kappa shape index (κ2) is 3.74. The largest absolute Gasteiger partial charge is 0.295 e. The predicted octanol–water partition coefficient (Wildman–Crippen LogP) is 2.45. The zero-order chi connectivity index (χ0) is 12.0. The molecule has 0 atom stereocenters. The van der Waals surface area contributed by atoms with Crippen LogP contribution in [-0.2, 0) is 12.8 Å². The second-order valence-corrected chi connectivity index (χ2v) is 4.57. The molecule has 1 aliphatic rings. The van der Waals surface area contributed by atoms with Gasteiger partial charge in [0, 0.05) is 17.3 Å². The lowest BCUT2D eigenvalue weighted by molar-refractivity contribution is 0.625. The number of benzene rings is 1. The van der Waals surface area contributed by atoms with E-state index in [9.17, 15) is 9.18 Å². The summed E-state index contributed by atoms with van der Waals surface area (Å²) in [6.07, 6.45) is 2.69. The molecule has 0 aliphatic heterocycles. The van der Waals surface area contributed by atoms with Gasteiger partial charge in [0.25, 0.3) is 5.56 Å². The predicted molar refractivity (Wildman–Crippen MR) is 63.4 cm³/mol. The van der Waals surface area contributed by atoms with E-state index in [1.807, 2.05) is 0 Å².